The average Bonchev–Trinajstić information content (AvgIpc) is 2.99. The van der Waals surface area contributed by atoms with Crippen molar-refractivity contribution in [2.24, 2.45) is 0 Å². The Labute approximate surface area is 144 Å². The lowest BCUT2D eigenvalue weighted by molar-refractivity contribution is -0.624. The zero-order valence-corrected chi connectivity index (χ0v) is 15.0. The molecule has 8 heteroatoms. The molecule has 0 radical (unpaired) electrons. The molecule has 2 N–H and O–H groups in total. The summed E-state index contributed by atoms with van der Waals surface area (Å²) >= 11 is 6.81. The first-order valence-electron chi connectivity index (χ1n) is 5.64. The van der Waals surface area contributed by atoms with Gasteiger partial charge in [0.1, 0.15) is 0 Å². The molecule has 2 aliphatic heterocycles. The Balaban J connectivity index is 0.00000147. The number of benzene rings is 1. The van der Waals surface area contributed by atoms with Gasteiger partial charge >= 0.3 is 11.1 Å². The number of hydrazine groups is 1. The molecule has 0 saturated carbocycles. The summed E-state index contributed by atoms with van der Waals surface area (Å²) in [5, 5.41) is 8.95. The first-order valence-corrected chi connectivity index (χ1v) is 8.49. The van der Waals surface area contributed by atoms with Crippen molar-refractivity contribution in [2.75, 3.05) is 5.75 Å². The van der Waals surface area contributed by atoms with E-state index in [1.165, 1.54) is 5.70 Å². The molecule has 1 amide bonds. The van der Waals surface area contributed by atoms with E-state index in [1.54, 1.807) is 23.9 Å². The Kier molecular flexibility index (Phi) is 5.59. The third kappa shape index (κ3) is 3.24. The van der Waals surface area contributed by atoms with E-state index in [0.29, 0.717) is 5.56 Å². The van der Waals surface area contributed by atoms with Crippen LogP contribution in [0.4, 0.5) is 0 Å². The molecule has 0 spiro atoms. The number of rotatable bonds is 1. The van der Waals surface area contributed by atoms with Gasteiger partial charge in [-0.3, -0.25) is 0 Å². The molecule has 1 unspecified atom stereocenters. The minimum absolute atomic E-state index is 0. The number of nitrogens with one attached hydrogen (secondary N) is 2. The summed E-state index contributed by atoms with van der Waals surface area (Å²) in [5.74, 6) is 0.877. The summed E-state index contributed by atoms with van der Waals surface area (Å²) in [6, 6.07) is 9.21. The maximum absolute atomic E-state index is 12.0. The number of amidine groups is 1. The molecular weight excluding hydrogens is 426 g/mol. The van der Waals surface area contributed by atoms with Crippen molar-refractivity contribution < 1.29 is 26.9 Å². The van der Waals surface area contributed by atoms with Gasteiger partial charge in [-0.1, -0.05) is 34.1 Å². The van der Waals surface area contributed by atoms with Gasteiger partial charge in [-0.25, -0.2) is 4.79 Å². The van der Waals surface area contributed by atoms with Gasteiger partial charge in [0.15, 0.2) is 4.71 Å². The number of amides is 1. The molecule has 20 heavy (non-hydrogen) atoms. The largest absolute Gasteiger partial charge is 1.00 e. The van der Waals surface area contributed by atoms with E-state index in [0.717, 1.165) is 10.9 Å². The number of hydrogen-bond acceptors (Lipinski definition) is 4. The van der Waals surface area contributed by atoms with Gasteiger partial charge < -0.3 is 17.0 Å². The number of thioether (sulfide) groups is 2. The van der Waals surface area contributed by atoms with Crippen LogP contribution in [-0.2, 0) is 0 Å². The zero-order chi connectivity index (χ0) is 13.2. The van der Waals surface area contributed by atoms with Crippen LogP contribution in [0.3, 0.4) is 0 Å². The molecule has 3 rings (SSSR count). The van der Waals surface area contributed by atoms with Crippen LogP contribution in [0.5, 0.6) is 0 Å². The summed E-state index contributed by atoms with van der Waals surface area (Å²) in [6.45, 7) is 0. The fraction of sp³-hybridized carbons (Fsp3) is 0.167. The van der Waals surface area contributed by atoms with Crippen molar-refractivity contribution in [1.82, 2.24) is 10.3 Å². The molecular formula is C12H11Br2N3OS2. The normalized spacial score (nSPS) is 22.2. The summed E-state index contributed by atoms with van der Waals surface area (Å²) < 4.78 is 0.287. The van der Waals surface area contributed by atoms with Crippen LogP contribution in [0.2, 0.25) is 0 Å². The molecule has 1 fully saturated rings. The quantitative estimate of drug-likeness (QED) is 0.539. The third-order valence-electron chi connectivity index (χ3n) is 2.72. The van der Waals surface area contributed by atoms with Crippen LogP contribution in [0, 0.1) is 0 Å². The standard InChI is InChI=1S/C12H10BrN3OS2.BrH/c13-6-9-7-18-12-16(9)15-11(19-12)14-10(17)8-4-2-1-3-5-8;/h1-6,12H,7H2,(H,14,15,17);1H. The Morgan fingerprint density at radius 2 is 2.20 bits per heavy atom. The number of carbonyl (C=O) groups is 1. The highest BCUT2D eigenvalue weighted by molar-refractivity contribution is 9.11. The van der Waals surface area contributed by atoms with E-state index in [-0.39, 0.29) is 27.6 Å². The summed E-state index contributed by atoms with van der Waals surface area (Å²) in [4.78, 5) is 13.9. The summed E-state index contributed by atoms with van der Waals surface area (Å²) in [6.07, 6.45) is 0. The second-order valence-electron chi connectivity index (χ2n) is 3.97. The van der Waals surface area contributed by atoms with Gasteiger partial charge in [0.2, 0.25) is 0 Å². The SMILES string of the molecule is O=C(NC1=[NH+]N2C(=CBr)CSC2S1)c1ccccc1.[Br-]. The fourth-order valence-corrected chi connectivity index (χ4v) is 4.82. The molecule has 1 aromatic rings. The van der Waals surface area contributed by atoms with E-state index in [9.17, 15) is 4.79 Å². The Morgan fingerprint density at radius 3 is 2.90 bits per heavy atom. The monoisotopic (exact) mass is 435 g/mol. The van der Waals surface area contributed by atoms with E-state index >= 15 is 0 Å². The number of halogens is 2. The molecule has 0 aliphatic carbocycles. The van der Waals surface area contributed by atoms with Crippen molar-refractivity contribution in [3.05, 3.63) is 46.6 Å². The zero-order valence-electron chi connectivity index (χ0n) is 10.2. The molecule has 1 saturated heterocycles. The lowest BCUT2D eigenvalue weighted by atomic mass is 10.2. The van der Waals surface area contributed by atoms with E-state index in [4.69, 9.17) is 0 Å². The van der Waals surface area contributed by atoms with Gasteiger partial charge in [0.25, 0.3) is 0 Å². The Bertz CT molecular complexity index is 565. The molecule has 106 valence electrons. The van der Waals surface area contributed by atoms with Crippen LogP contribution < -0.4 is 27.4 Å². The molecule has 0 bridgehead atoms. The lowest BCUT2D eigenvalue weighted by Gasteiger charge is -2.08. The van der Waals surface area contributed by atoms with E-state index < -0.39 is 0 Å². The highest BCUT2D eigenvalue weighted by Gasteiger charge is 2.40. The van der Waals surface area contributed by atoms with Crippen molar-refractivity contribution in [3.63, 3.8) is 0 Å². The predicted molar refractivity (Wildman–Crippen MR) is 82.6 cm³/mol. The van der Waals surface area contributed by atoms with E-state index in [1.807, 2.05) is 34.9 Å². The van der Waals surface area contributed by atoms with Crippen LogP contribution in [0.15, 0.2) is 41.0 Å². The number of carbonyl (C=O) groups excluding carboxylic acids is 1. The number of nitrogens with zero attached hydrogens (tertiary/aromatic N) is 1. The molecule has 0 aromatic heterocycles. The number of fused-ring (bicyclic) bond motifs is 1. The van der Waals surface area contributed by atoms with Crippen LogP contribution in [0.25, 0.3) is 0 Å². The van der Waals surface area contributed by atoms with Crippen molar-refractivity contribution in [2.45, 2.75) is 4.71 Å². The molecule has 2 aliphatic rings. The minimum Gasteiger partial charge on any atom is -1.00 e. The smallest absolute Gasteiger partial charge is 0.339 e. The minimum atomic E-state index is -0.0915. The highest BCUT2D eigenvalue weighted by Crippen LogP contribution is 2.37. The molecule has 1 atom stereocenters. The summed E-state index contributed by atoms with van der Waals surface area (Å²) in [7, 11) is 0. The van der Waals surface area contributed by atoms with Crippen LogP contribution >= 0.6 is 39.5 Å². The van der Waals surface area contributed by atoms with Crippen molar-refractivity contribution in [1.29, 1.82) is 0 Å². The molecule has 1 aromatic carbocycles. The second-order valence-corrected chi connectivity index (χ2v) is 6.88. The fourth-order valence-electron chi connectivity index (χ4n) is 1.79. The lowest BCUT2D eigenvalue weighted by Crippen LogP contribution is -3.00. The number of hydrazone groups is 1. The van der Waals surface area contributed by atoms with Crippen LogP contribution in [0.1, 0.15) is 10.4 Å². The topological polar surface area (TPSA) is 46.3 Å². The Hall–Kier alpha value is -0.440. The van der Waals surface area contributed by atoms with Gasteiger partial charge in [-0.05, 0) is 12.1 Å². The maximum atomic E-state index is 12.0. The first-order chi connectivity index (χ1) is 9.28. The Morgan fingerprint density at radius 1 is 1.45 bits per heavy atom. The second kappa shape index (κ2) is 7.02. The van der Waals surface area contributed by atoms with Gasteiger partial charge in [0, 0.05) is 22.5 Å². The third-order valence-corrected chi connectivity index (χ3v) is 5.75. The molecule has 4 nitrogen and oxygen atoms in total. The van der Waals surface area contributed by atoms with Crippen molar-refractivity contribution >= 4 is 50.5 Å². The highest BCUT2D eigenvalue weighted by atomic mass is 79.9. The predicted octanol–water partition coefficient (Wildman–Crippen LogP) is -1.91. The maximum Gasteiger partial charge on any atom is 0.339 e. The molecule has 2 heterocycles. The van der Waals surface area contributed by atoms with E-state index in [2.05, 4.69) is 31.4 Å². The van der Waals surface area contributed by atoms with Crippen molar-refractivity contribution in [3.8, 4) is 0 Å². The summed E-state index contributed by atoms with van der Waals surface area (Å²) in [5.41, 5.74) is 1.83. The van der Waals surface area contributed by atoms with Crippen LogP contribution in [-0.4, -0.2) is 26.5 Å². The average molecular weight is 437 g/mol. The van der Waals surface area contributed by atoms with Gasteiger partial charge in [0.05, 0.1) is 11.3 Å². The number of hydrogen-bond donors (Lipinski definition) is 2. The first kappa shape index (κ1) is 15.9. The van der Waals surface area contributed by atoms with Gasteiger partial charge in [-0.15, -0.1) is 11.8 Å². The van der Waals surface area contributed by atoms with Gasteiger partial charge in [-0.2, -0.15) is 15.4 Å².